The van der Waals surface area contributed by atoms with Crippen molar-refractivity contribution in [2.75, 3.05) is 32.1 Å². The Labute approximate surface area is 202 Å². The molecule has 1 N–H and O–H groups in total. The number of halogens is 1. The van der Waals surface area contributed by atoms with Gasteiger partial charge in [-0.2, -0.15) is 0 Å². The third kappa shape index (κ3) is 7.76. The van der Waals surface area contributed by atoms with Crippen LogP contribution in [0.15, 0.2) is 75.6 Å². The summed E-state index contributed by atoms with van der Waals surface area (Å²) in [4.78, 5) is 29.4. The van der Waals surface area contributed by atoms with E-state index in [0.717, 1.165) is 15.8 Å². The zero-order valence-electron chi connectivity index (χ0n) is 18.8. The lowest BCUT2D eigenvalue weighted by Gasteiger charge is -2.27. The first-order chi connectivity index (χ1) is 15.9. The van der Waals surface area contributed by atoms with Crippen molar-refractivity contribution in [3.8, 4) is 0 Å². The van der Waals surface area contributed by atoms with E-state index < -0.39 is 0 Å². The molecule has 0 saturated heterocycles. The van der Waals surface area contributed by atoms with Gasteiger partial charge in [0, 0.05) is 30.4 Å². The van der Waals surface area contributed by atoms with Crippen molar-refractivity contribution in [2.24, 2.45) is 0 Å². The van der Waals surface area contributed by atoms with Crippen molar-refractivity contribution >= 4 is 33.6 Å². The predicted molar refractivity (Wildman–Crippen MR) is 131 cm³/mol. The fourth-order valence-electron chi connectivity index (χ4n) is 3.25. The Morgan fingerprint density at radius 2 is 1.70 bits per heavy atom. The topological polar surface area (TPSA) is 75.0 Å². The molecule has 0 aliphatic heterocycles. The summed E-state index contributed by atoms with van der Waals surface area (Å²) in [6.45, 7) is 3.10. The van der Waals surface area contributed by atoms with E-state index in [0.29, 0.717) is 31.1 Å². The standard InChI is InChI=1S/C25H28BrN3O4/c1-19-8-13-23(33-19)17-29(16-20-6-4-3-5-7-20)24(30)18-28(14-15-32-2)25(31)27-22-11-9-21(26)10-12-22/h3-13H,14-18H2,1-2H3,(H,27,31). The van der Waals surface area contributed by atoms with Crippen molar-refractivity contribution in [3.63, 3.8) is 0 Å². The maximum Gasteiger partial charge on any atom is 0.322 e. The number of carbonyl (C=O) groups is 2. The number of ether oxygens (including phenoxy) is 1. The molecule has 3 amide bonds. The predicted octanol–water partition coefficient (Wildman–Crippen LogP) is 5.06. The van der Waals surface area contributed by atoms with Crippen LogP contribution in [0.4, 0.5) is 10.5 Å². The second-order valence-electron chi connectivity index (χ2n) is 7.60. The largest absolute Gasteiger partial charge is 0.464 e. The van der Waals surface area contributed by atoms with Crippen LogP contribution < -0.4 is 5.32 Å². The fraction of sp³-hybridized carbons (Fsp3) is 0.280. The lowest BCUT2D eigenvalue weighted by Crippen LogP contribution is -2.45. The van der Waals surface area contributed by atoms with Gasteiger partial charge in [-0.3, -0.25) is 4.79 Å². The summed E-state index contributed by atoms with van der Waals surface area (Å²) in [7, 11) is 1.56. The minimum absolute atomic E-state index is 0.0851. The van der Waals surface area contributed by atoms with Crippen LogP contribution in [0.3, 0.4) is 0 Å². The number of urea groups is 1. The average molecular weight is 514 g/mol. The van der Waals surface area contributed by atoms with Crippen LogP contribution in [0.2, 0.25) is 0 Å². The summed E-state index contributed by atoms with van der Waals surface area (Å²) >= 11 is 3.38. The highest BCUT2D eigenvalue weighted by Crippen LogP contribution is 2.16. The van der Waals surface area contributed by atoms with Gasteiger partial charge in [-0.1, -0.05) is 46.3 Å². The van der Waals surface area contributed by atoms with Gasteiger partial charge in [0.15, 0.2) is 0 Å². The molecular weight excluding hydrogens is 486 g/mol. The number of nitrogens with one attached hydrogen (secondary N) is 1. The maximum atomic E-state index is 13.3. The monoisotopic (exact) mass is 513 g/mol. The molecule has 0 fully saturated rings. The van der Waals surface area contributed by atoms with Crippen LogP contribution >= 0.6 is 15.9 Å². The molecule has 174 valence electrons. The van der Waals surface area contributed by atoms with Gasteiger partial charge >= 0.3 is 6.03 Å². The van der Waals surface area contributed by atoms with Crippen LogP contribution in [0.5, 0.6) is 0 Å². The summed E-state index contributed by atoms with van der Waals surface area (Å²) in [6.07, 6.45) is 0. The molecule has 0 aliphatic rings. The number of anilines is 1. The molecule has 7 nitrogen and oxygen atoms in total. The van der Waals surface area contributed by atoms with Gasteiger partial charge in [0.2, 0.25) is 5.91 Å². The number of rotatable bonds is 10. The van der Waals surface area contributed by atoms with Crippen LogP contribution in [0.1, 0.15) is 17.1 Å². The van der Waals surface area contributed by atoms with Crippen molar-refractivity contribution in [2.45, 2.75) is 20.0 Å². The Bertz CT molecular complexity index is 1040. The van der Waals surface area contributed by atoms with E-state index in [2.05, 4.69) is 21.2 Å². The molecule has 33 heavy (non-hydrogen) atoms. The molecular formula is C25H28BrN3O4. The Morgan fingerprint density at radius 3 is 2.33 bits per heavy atom. The molecule has 0 bridgehead atoms. The van der Waals surface area contributed by atoms with E-state index in [-0.39, 0.29) is 25.0 Å². The lowest BCUT2D eigenvalue weighted by atomic mass is 10.2. The first kappa shape index (κ1) is 24.5. The second-order valence-corrected chi connectivity index (χ2v) is 8.51. The van der Waals surface area contributed by atoms with Crippen LogP contribution in [0.25, 0.3) is 0 Å². The summed E-state index contributed by atoms with van der Waals surface area (Å²) in [5.41, 5.74) is 1.64. The maximum absolute atomic E-state index is 13.3. The van der Waals surface area contributed by atoms with Crippen LogP contribution in [-0.2, 0) is 22.6 Å². The Kier molecular flexibility index (Phi) is 9.09. The summed E-state index contributed by atoms with van der Waals surface area (Å²) < 4.78 is 11.8. The van der Waals surface area contributed by atoms with E-state index in [9.17, 15) is 9.59 Å². The average Bonchev–Trinajstić information content (AvgIpc) is 3.22. The van der Waals surface area contributed by atoms with Gasteiger partial charge in [-0.15, -0.1) is 0 Å². The first-order valence-electron chi connectivity index (χ1n) is 10.6. The number of hydrogen-bond acceptors (Lipinski definition) is 4. The Hall–Kier alpha value is -3.10. The van der Waals surface area contributed by atoms with Crippen LogP contribution in [0, 0.1) is 6.92 Å². The summed E-state index contributed by atoms with van der Waals surface area (Å²) in [5, 5.41) is 2.85. The van der Waals surface area contributed by atoms with Crippen molar-refractivity contribution in [1.82, 2.24) is 9.80 Å². The second kappa shape index (κ2) is 12.2. The number of hydrogen-bond donors (Lipinski definition) is 1. The quantitative estimate of drug-likeness (QED) is 0.411. The minimum Gasteiger partial charge on any atom is -0.464 e. The fourth-order valence-corrected chi connectivity index (χ4v) is 3.51. The SMILES string of the molecule is COCCN(CC(=O)N(Cc1ccccc1)Cc1ccc(C)o1)C(=O)Nc1ccc(Br)cc1. The molecule has 3 rings (SSSR count). The minimum atomic E-state index is -0.365. The van der Waals surface area contributed by atoms with Crippen LogP contribution in [-0.4, -0.2) is 48.5 Å². The van der Waals surface area contributed by atoms with Gasteiger partial charge in [0.25, 0.3) is 0 Å². The summed E-state index contributed by atoms with van der Waals surface area (Å²) in [6, 6.07) is 20.4. The Balaban J connectivity index is 1.74. The number of aryl methyl sites for hydroxylation is 1. The first-order valence-corrected chi connectivity index (χ1v) is 11.4. The van der Waals surface area contributed by atoms with E-state index in [1.54, 1.807) is 24.1 Å². The Morgan fingerprint density at radius 1 is 0.970 bits per heavy atom. The zero-order chi connectivity index (χ0) is 23.6. The summed E-state index contributed by atoms with van der Waals surface area (Å²) in [5.74, 6) is 1.29. The number of nitrogens with zero attached hydrogens (tertiary/aromatic N) is 2. The van der Waals surface area contributed by atoms with E-state index in [1.165, 1.54) is 4.90 Å². The van der Waals surface area contributed by atoms with E-state index in [1.807, 2.05) is 61.5 Å². The highest BCUT2D eigenvalue weighted by atomic mass is 79.9. The molecule has 1 aromatic heterocycles. The normalized spacial score (nSPS) is 10.6. The van der Waals surface area contributed by atoms with Gasteiger partial charge in [0.05, 0.1) is 13.2 Å². The molecule has 0 spiro atoms. The molecule has 3 aromatic rings. The highest BCUT2D eigenvalue weighted by molar-refractivity contribution is 9.10. The molecule has 1 heterocycles. The molecule has 0 radical (unpaired) electrons. The number of amides is 3. The van der Waals surface area contributed by atoms with Gasteiger partial charge in [-0.25, -0.2) is 4.79 Å². The third-order valence-corrected chi connectivity index (χ3v) is 5.51. The number of furan rings is 1. The van der Waals surface area contributed by atoms with Crippen molar-refractivity contribution in [1.29, 1.82) is 0 Å². The molecule has 0 saturated carbocycles. The van der Waals surface area contributed by atoms with Gasteiger partial charge in [-0.05, 0) is 48.9 Å². The number of carbonyl (C=O) groups excluding carboxylic acids is 2. The highest BCUT2D eigenvalue weighted by Gasteiger charge is 2.23. The van der Waals surface area contributed by atoms with Gasteiger partial charge in [0.1, 0.15) is 18.1 Å². The molecule has 0 atom stereocenters. The lowest BCUT2D eigenvalue weighted by molar-refractivity contribution is -0.133. The zero-order valence-corrected chi connectivity index (χ0v) is 20.4. The smallest absolute Gasteiger partial charge is 0.322 e. The number of benzene rings is 2. The molecule has 0 unspecified atom stereocenters. The molecule has 2 aromatic carbocycles. The number of methoxy groups -OCH3 is 1. The van der Waals surface area contributed by atoms with E-state index >= 15 is 0 Å². The third-order valence-electron chi connectivity index (χ3n) is 4.99. The van der Waals surface area contributed by atoms with Gasteiger partial charge < -0.3 is 24.3 Å². The molecule has 0 aliphatic carbocycles. The van der Waals surface area contributed by atoms with Crippen molar-refractivity contribution < 1.29 is 18.7 Å². The van der Waals surface area contributed by atoms with Crippen molar-refractivity contribution in [3.05, 3.63) is 88.3 Å². The molecule has 8 heteroatoms. The van der Waals surface area contributed by atoms with E-state index in [4.69, 9.17) is 9.15 Å².